The van der Waals surface area contributed by atoms with Crippen molar-refractivity contribution in [1.29, 1.82) is 0 Å². The van der Waals surface area contributed by atoms with Crippen LogP contribution >= 0.6 is 0 Å². The average molecular weight is 439 g/mol. The zero-order chi connectivity index (χ0) is 22.7. The Morgan fingerprint density at radius 2 is 1.91 bits per heavy atom. The van der Waals surface area contributed by atoms with Crippen molar-refractivity contribution in [3.05, 3.63) is 52.0 Å². The molecule has 0 bridgehead atoms. The van der Waals surface area contributed by atoms with Crippen molar-refractivity contribution >= 4 is 5.91 Å². The van der Waals surface area contributed by atoms with Crippen molar-refractivity contribution in [2.75, 3.05) is 13.1 Å². The summed E-state index contributed by atoms with van der Waals surface area (Å²) in [7, 11) is 1.68. The molecule has 0 saturated carbocycles. The van der Waals surface area contributed by atoms with E-state index in [1.54, 1.807) is 11.6 Å². The van der Waals surface area contributed by atoms with Gasteiger partial charge < -0.3 is 9.42 Å². The van der Waals surface area contributed by atoms with Crippen LogP contribution < -0.4 is 5.69 Å². The van der Waals surface area contributed by atoms with Crippen LogP contribution in [0.1, 0.15) is 55.8 Å². The maximum atomic E-state index is 12.7. The number of piperidine rings is 1. The molecule has 1 aliphatic heterocycles. The molecule has 170 valence electrons. The number of hydrogen-bond donors (Lipinski definition) is 0. The van der Waals surface area contributed by atoms with Crippen LogP contribution in [0.4, 0.5) is 0 Å². The first-order chi connectivity index (χ1) is 15.5. The second kappa shape index (κ2) is 9.50. The Labute approximate surface area is 187 Å². The Balaban J connectivity index is 1.25. The van der Waals surface area contributed by atoms with Crippen LogP contribution in [0.2, 0.25) is 0 Å². The van der Waals surface area contributed by atoms with Gasteiger partial charge in [0.25, 0.3) is 0 Å². The molecule has 3 aromatic rings. The van der Waals surface area contributed by atoms with E-state index in [0.717, 1.165) is 24.2 Å². The fraction of sp³-hybridized carbons (Fsp3) is 0.522. The van der Waals surface area contributed by atoms with E-state index in [0.29, 0.717) is 50.6 Å². The summed E-state index contributed by atoms with van der Waals surface area (Å²) >= 11 is 0. The summed E-state index contributed by atoms with van der Waals surface area (Å²) in [6.07, 6.45) is 3.36. The maximum absolute atomic E-state index is 12.7. The molecule has 0 spiro atoms. The fourth-order valence-corrected chi connectivity index (χ4v) is 4.23. The highest BCUT2D eigenvalue weighted by Crippen LogP contribution is 2.26. The summed E-state index contributed by atoms with van der Waals surface area (Å²) in [5.41, 5.74) is 2.03. The minimum Gasteiger partial charge on any atom is -0.343 e. The van der Waals surface area contributed by atoms with Gasteiger partial charge in [-0.25, -0.2) is 9.48 Å². The summed E-state index contributed by atoms with van der Waals surface area (Å²) in [6, 6.07) is 7.98. The number of benzene rings is 1. The highest BCUT2D eigenvalue weighted by Gasteiger charge is 2.27. The van der Waals surface area contributed by atoms with Crippen LogP contribution in [0.3, 0.4) is 0 Å². The van der Waals surface area contributed by atoms with Crippen LogP contribution in [0.25, 0.3) is 11.4 Å². The van der Waals surface area contributed by atoms with Crippen molar-refractivity contribution < 1.29 is 9.32 Å². The Morgan fingerprint density at radius 3 is 2.59 bits per heavy atom. The van der Waals surface area contributed by atoms with Gasteiger partial charge in [0.05, 0.1) is 0 Å². The molecule has 1 saturated heterocycles. The highest BCUT2D eigenvalue weighted by atomic mass is 16.5. The van der Waals surface area contributed by atoms with E-state index in [1.807, 2.05) is 43.0 Å². The summed E-state index contributed by atoms with van der Waals surface area (Å²) in [5.74, 6) is 2.34. The van der Waals surface area contributed by atoms with Crippen molar-refractivity contribution in [1.82, 2.24) is 29.4 Å². The van der Waals surface area contributed by atoms with E-state index in [-0.39, 0.29) is 17.5 Å². The molecular formula is C23H30N6O3. The van der Waals surface area contributed by atoms with E-state index in [1.165, 1.54) is 10.2 Å². The molecule has 32 heavy (non-hydrogen) atoms. The molecule has 9 heteroatoms. The number of aryl methyl sites for hydroxylation is 3. The topological polar surface area (TPSA) is 99.0 Å². The standard InChI is InChI=1S/C23H30N6O3/c1-4-29-22(25-27(3)23(29)31)18-12-14-28(15-13-18)20(30)7-5-6-19-24-21(26-32-19)17-10-8-16(2)9-11-17/h8-11,18H,4-7,12-15H2,1-3H3. The van der Waals surface area contributed by atoms with Gasteiger partial charge in [0.15, 0.2) is 0 Å². The number of hydrogen-bond acceptors (Lipinski definition) is 6. The second-order valence-electron chi connectivity index (χ2n) is 8.40. The minimum absolute atomic E-state index is 0.0763. The first-order valence-electron chi connectivity index (χ1n) is 11.3. The number of likely N-dealkylation sites (tertiary alicyclic amines) is 1. The maximum Gasteiger partial charge on any atom is 0.345 e. The summed E-state index contributed by atoms with van der Waals surface area (Å²) in [6.45, 7) is 5.99. The fourth-order valence-electron chi connectivity index (χ4n) is 4.23. The quantitative estimate of drug-likeness (QED) is 0.562. The number of carbonyl (C=O) groups excluding carboxylic acids is 1. The number of carbonyl (C=O) groups is 1. The van der Waals surface area contributed by atoms with E-state index in [4.69, 9.17) is 4.52 Å². The Bertz CT molecular complexity index is 1120. The van der Waals surface area contributed by atoms with Gasteiger partial charge in [-0.05, 0) is 33.1 Å². The lowest BCUT2D eigenvalue weighted by Gasteiger charge is -2.31. The number of rotatable bonds is 7. The molecule has 3 heterocycles. The molecule has 4 rings (SSSR count). The molecule has 0 aliphatic carbocycles. The van der Waals surface area contributed by atoms with Crippen LogP contribution in [-0.4, -0.2) is 48.4 Å². The van der Waals surface area contributed by atoms with Gasteiger partial charge in [-0.2, -0.15) is 10.1 Å². The van der Waals surface area contributed by atoms with Crippen LogP contribution in [0.15, 0.2) is 33.6 Å². The van der Waals surface area contributed by atoms with Gasteiger partial charge in [0, 0.05) is 51.0 Å². The van der Waals surface area contributed by atoms with Crippen molar-refractivity contribution in [2.45, 2.75) is 58.4 Å². The van der Waals surface area contributed by atoms with Gasteiger partial charge in [0.2, 0.25) is 17.6 Å². The first-order valence-corrected chi connectivity index (χ1v) is 11.3. The largest absolute Gasteiger partial charge is 0.345 e. The molecule has 1 fully saturated rings. The summed E-state index contributed by atoms with van der Waals surface area (Å²) in [4.78, 5) is 31.2. The smallest absolute Gasteiger partial charge is 0.343 e. The Kier molecular flexibility index (Phi) is 6.53. The molecule has 2 aromatic heterocycles. The lowest BCUT2D eigenvalue weighted by atomic mass is 9.95. The third-order valence-electron chi connectivity index (χ3n) is 6.12. The lowest BCUT2D eigenvalue weighted by molar-refractivity contribution is -0.132. The Morgan fingerprint density at radius 1 is 1.19 bits per heavy atom. The highest BCUT2D eigenvalue weighted by molar-refractivity contribution is 5.76. The molecule has 0 radical (unpaired) electrons. The molecule has 0 unspecified atom stereocenters. The average Bonchev–Trinajstić information content (AvgIpc) is 3.39. The SMILES string of the molecule is CCn1c(C2CCN(C(=O)CCCc3nc(-c4ccc(C)cc4)no3)CC2)nn(C)c1=O. The van der Waals surface area contributed by atoms with Crippen LogP contribution in [-0.2, 0) is 24.8 Å². The lowest BCUT2D eigenvalue weighted by Crippen LogP contribution is -2.38. The van der Waals surface area contributed by atoms with Gasteiger partial charge >= 0.3 is 5.69 Å². The van der Waals surface area contributed by atoms with Gasteiger partial charge in [-0.1, -0.05) is 35.0 Å². The number of amides is 1. The van der Waals surface area contributed by atoms with Gasteiger partial charge in [-0.3, -0.25) is 9.36 Å². The van der Waals surface area contributed by atoms with E-state index in [2.05, 4.69) is 15.2 Å². The molecule has 1 aromatic carbocycles. The van der Waals surface area contributed by atoms with E-state index >= 15 is 0 Å². The normalized spacial score (nSPS) is 14.8. The zero-order valence-corrected chi connectivity index (χ0v) is 19.0. The van der Waals surface area contributed by atoms with Crippen LogP contribution in [0.5, 0.6) is 0 Å². The summed E-state index contributed by atoms with van der Waals surface area (Å²) < 4.78 is 8.48. The third kappa shape index (κ3) is 4.66. The molecular weight excluding hydrogens is 408 g/mol. The number of aromatic nitrogens is 5. The van der Waals surface area contributed by atoms with Crippen molar-refractivity contribution in [3.63, 3.8) is 0 Å². The van der Waals surface area contributed by atoms with Gasteiger partial charge in [0.1, 0.15) is 5.82 Å². The predicted molar refractivity (Wildman–Crippen MR) is 119 cm³/mol. The molecule has 1 amide bonds. The summed E-state index contributed by atoms with van der Waals surface area (Å²) in [5, 5.41) is 8.48. The third-order valence-corrected chi connectivity index (χ3v) is 6.12. The molecule has 0 N–H and O–H groups in total. The van der Waals surface area contributed by atoms with Crippen LogP contribution in [0, 0.1) is 6.92 Å². The zero-order valence-electron chi connectivity index (χ0n) is 19.0. The second-order valence-corrected chi connectivity index (χ2v) is 8.40. The predicted octanol–water partition coefficient (Wildman–Crippen LogP) is 2.69. The van der Waals surface area contributed by atoms with E-state index < -0.39 is 0 Å². The molecule has 0 atom stereocenters. The van der Waals surface area contributed by atoms with Gasteiger partial charge in [-0.15, -0.1) is 0 Å². The first kappa shape index (κ1) is 22.0. The molecule has 1 aliphatic rings. The Hall–Kier alpha value is -3.23. The van der Waals surface area contributed by atoms with E-state index in [9.17, 15) is 9.59 Å². The molecule has 9 nitrogen and oxygen atoms in total. The minimum atomic E-state index is -0.0763. The monoisotopic (exact) mass is 438 g/mol. The van der Waals surface area contributed by atoms with Crippen molar-refractivity contribution in [3.8, 4) is 11.4 Å². The van der Waals surface area contributed by atoms with Crippen molar-refractivity contribution in [2.24, 2.45) is 7.05 Å². The number of nitrogens with zero attached hydrogens (tertiary/aromatic N) is 6.